The van der Waals surface area contributed by atoms with E-state index >= 15 is 0 Å². The first-order chi connectivity index (χ1) is 11.5. The average Bonchev–Trinajstić information content (AvgIpc) is 2.57. The molecule has 6 heteroatoms. The molecule has 0 saturated heterocycles. The van der Waals surface area contributed by atoms with E-state index in [4.69, 9.17) is 0 Å². The Balaban J connectivity index is 1.84. The van der Waals surface area contributed by atoms with E-state index < -0.39 is 5.97 Å². The number of aromatic nitrogens is 1. The van der Waals surface area contributed by atoms with Gasteiger partial charge in [0.15, 0.2) is 0 Å². The van der Waals surface area contributed by atoms with Gasteiger partial charge in [0.2, 0.25) is 0 Å². The van der Waals surface area contributed by atoms with E-state index in [2.05, 4.69) is 31.0 Å². The molecule has 1 fully saturated rings. The summed E-state index contributed by atoms with van der Waals surface area (Å²) in [6, 6.07) is 12.7. The fraction of sp³-hybridized carbons (Fsp3) is 0.278. The Bertz CT molecular complexity index is 787. The van der Waals surface area contributed by atoms with E-state index in [-0.39, 0.29) is 22.8 Å². The Labute approximate surface area is 148 Å². The Morgan fingerprint density at radius 1 is 1.17 bits per heavy atom. The summed E-state index contributed by atoms with van der Waals surface area (Å²) in [7, 11) is 1.29. The molecule has 1 aliphatic rings. The highest BCUT2D eigenvalue weighted by Gasteiger charge is 2.40. The summed E-state index contributed by atoms with van der Waals surface area (Å²) in [5.74, 6) is -0.851. The standard InChI is InChI=1S/C18H17BrN2O3/c1-24-17(23)15-8-3-7-14(20-15)16(22)21-18(9-4-10-18)12-5-2-6-13(19)11-12/h2-3,5-8,11H,4,9-10H2,1H3,(H,21,22). The minimum Gasteiger partial charge on any atom is -0.464 e. The quantitative estimate of drug-likeness (QED) is 0.814. The van der Waals surface area contributed by atoms with Crippen LogP contribution in [0.3, 0.4) is 0 Å². The Morgan fingerprint density at radius 3 is 2.50 bits per heavy atom. The molecule has 1 heterocycles. The average molecular weight is 389 g/mol. The molecule has 1 aromatic carbocycles. The number of benzene rings is 1. The topological polar surface area (TPSA) is 68.3 Å². The van der Waals surface area contributed by atoms with Gasteiger partial charge in [0.1, 0.15) is 11.4 Å². The van der Waals surface area contributed by atoms with E-state index in [0.29, 0.717) is 0 Å². The number of esters is 1. The molecular weight excluding hydrogens is 372 g/mol. The van der Waals surface area contributed by atoms with Crippen molar-refractivity contribution in [3.05, 3.63) is 63.9 Å². The third-order valence-corrected chi connectivity index (χ3v) is 4.81. The first-order valence-corrected chi connectivity index (χ1v) is 8.47. The van der Waals surface area contributed by atoms with Crippen LogP contribution in [0.5, 0.6) is 0 Å². The fourth-order valence-corrected chi connectivity index (χ4v) is 3.26. The lowest BCUT2D eigenvalue weighted by Crippen LogP contribution is -2.51. The molecule has 5 nitrogen and oxygen atoms in total. The van der Waals surface area contributed by atoms with E-state index in [0.717, 1.165) is 29.3 Å². The molecule has 0 spiro atoms. The molecule has 1 saturated carbocycles. The Kier molecular flexibility index (Phi) is 4.66. The third-order valence-electron chi connectivity index (χ3n) is 4.31. The van der Waals surface area contributed by atoms with Crippen molar-refractivity contribution in [1.29, 1.82) is 0 Å². The molecule has 2 aromatic rings. The van der Waals surface area contributed by atoms with E-state index in [9.17, 15) is 9.59 Å². The number of ether oxygens (including phenoxy) is 1. The van der Waals surface area contributed by atoms with Crippen molar-refractivity contribution in [2.24, 2.45) is 0 Å². The molecule has 1 N–H and O–H groups in total. The Hall–Kier alpha value is -2.21. The van der Waals surface area contributed by atoms with Crippen molar-refractivity contribution in [3.63, 3.8) is 0 Å². The van der Waals surface area contributed by atoms with Gasteiger partial charge >= 0.3 is 5.97 Å². The molecule has 0 atom stereocenters. The molecule has 1 aromatic heterocycles. The van der Waals surface area contributed by atoms with Crippen LogP contribution in [0.4, 0.5) is 0 Å². The number of rotatable bonds is 4. The van der Waals surface area contributed by atoms with Crippen LogP contribution >= 0.6 is 15.9 Å². The summed E-state index contributed by atoms with van der Waals surface area (Å²) < 4.78 is 5.63. The third kappa shape index (κ3) is 3.19. The molecule has 1 amide bonds. The lowest BCUT2D eigenvalue weighted by molar-refractivity contribution is 0.0594. The summed E-state index contributed by atoms with van der Waals surface area (Å²) in [5.41, 5.74) is 1.03. The number of methoxy groups -OCH3 is 1. The van der Waals surface area contributed by atoms with Gasteiger partial charge < -0.3 is 10.1 Å². The maximum absolute atomic E-state index is 12.6. The predicted octanol–water partition coefficient (Wildman–Crippen LogP) is 3.44. The van der Waals surface area contributed by atoms with Crippen LogP contribution in [0.15, 0.2) is 46.9 Å². The van der Waals surface area contributed by atoms with Gasteiger partial charge in [-0.05, 0) is 49.1 Å². The van der Waals surface area contributed by atoms with Gasteiger partial charge in [0.25, 0.3) is 5.91 Å². The summed E-state index contributed by atoms with van der Waals surface area (Å²) in [6.07, 6.45) is 2.82. The zero-order chi connectivity index (χ0) is 17.2. The minimum absolute atomic E-state index is 0.121. The first-order valence-electron chi connectivity index (χ1n) is 7.68. The molecule has 124 valence electrons. The van der Waals surface area contributed by atoms with Gasteiger partial charge in [-0.25, -0.2) is 9.78 Å². The maximum Gasteiger partial charge on any atom is 0.356 e. The molecule has 1 aliphatic carbocycles. The van der Waals surface area contributed by atoms with Crippen molar-refractivity contribution in [2.75, 3.05) is 7.11 Å². The van der Waals surface area contributed by atoms with Crippen LogP contribution in [0.2, 0.25) is 0 Å². The highest BCUT2D eigenvalue weighted by Crippen LogP contribution is 2.42. The van der Waals surface area contributed by atoms with Crippen molar-refractivity contribution >= 4 is 27.8 Å². The number of hydrogen-bond donors (Lipinski definition) is 1. The molecular formula is C18H17BrN2O3. The second-order valence-electron chi connectivity index (χ2n) is 5.80. The summed E-state index contributed by atoms with van der Waals surface area (Å²) in [5, 5.41) is 3.10. The number of carbonyl (C=O) groups excluding carboxylic acids is 2. The molecule has 0 unspecified atom stereocenters. The lowest BCUT2D eigenvalue weighted by Gasteiger charge is -2.43. The monoisotopic (exact) mass is 388 g/mol. The highest BCUT2D eigenvalue weighted by molar-refractivity contribution is 9.10. The number of pyridine rings is 1. The van der Waals surface area contributed by atoms with Gasteiger partial charge in [0.05, 0.1) is 12.6 Å². The van der Waals surface area contributed by atoms with Gasteiger partial charge in [-0.3, -0.25) is 4.79 Å². The van der Waals surface area contributed by atoms with Crippen molar-refractivity contribution < 1.29 is 14.3 Å². The fourth-order valence-electron chi connectivity index (χ4n) is 2.86. The van der Waals surface area contributed by atoms with Crippen LogP contribution in [0.25, 0.3) is 0 Å². The SMILES string of the molecule is COC(=O)c1cccc(C(=O)NC2(c3cccc(Br)c3)CCC2)n1. The van der Waals surface area contributed by atoms with E-state index in [1.54, 1.807) is 12.1 Å². The van der Waals surface area contributed by atoms with Crippen molar-refractivity contribution in [2.45, 2.75) is 24.8 Å². The summed E-state index contributed by atoms with van der Waals surface area (Å²) >= 11 is 3.48. The van der Waals surface area contributed by atoms with E-state index in [1.165, 1.54) is 13.2 Å². The van der Waals surface area contributed by atoms with E-state index in [1.807, 2.05) is 24.3 Å². The smallest absolute Gasteiger partial charge is 0.356 e. The second-order valence-corrected chi connectivity index (χ2v) is 6.72. The summed E-state index contributed by atoms with van der Waals surface area (Å²) in [6.45, 7) is 0. The van der Waals surface area contributed by atoms with Crippen LogP contribution < -0.4 is 5.32 Å². The van der Waals surface area contributed by atoms with Gasteiger partial charge in [0, 0.05) is 4.47 Å². The van der Waals surface area contributed by atoms with Crippen LogP contribution in [-0.4, -0.2) is 24.0 Å². The number of nitrogens with one attached hydrogen (secondary N) is 1. The van der Waals surface area contributed by atoms with Crippen LogP contribution in [0.1, 0.15) is 45.8 Å². The van der Waals surface area contributed by atoms with Crippen molar-refractivity contribution in [1.82, 2.24) is 10.3 Å². The molecule has 0 radical (unpaired) electrons. The largest absolute Gasteiger partial charge is 0.464 e. The van der Waals surface area contributed by atoms with Gasteiger partial charge in [-0.1, -0.05) is 34.1 Å². The van der Waals surface area contributed by atoms with Gasteiger partial charge in [-0.2, -0.15) is 0 Å². The molecule has 0 bridgehead atoms. The van der Waals surface area contributed by atoms with Gasteiger partial charge in [-0.15, -0.1) is 0 Å². The highest BCUT2D eigenvalue weighted by atomic mass is 79.9. The number of carbonyl (C=O) groups is 2. The molecule has 24 heavy (non-hydrogen) atoms. The second kappa shape index (κ2) is 6.73. The van der Waals surface area contributed by atoms with Crippen LogP contribution in [0, 0.1) is 0 Å². The zero-order valence-corrected chi connectivity index (χ0v) is 14.8. The minimum atomic E-state index is -0.560. The molecule has 3 rings (SSSR count). The summed E-state index contributed by atoms with van der Waals surface area (Å²) in [4.78, 5) is 28.3. The maximum atomic E-state index is 12.6. The normalized spacial score (nSPS) is 15.2. The van der Waals surface area contributed by atoms with Crippen LogP contribution in [-0.2, 0) is 10.3 Å². The first kappa shape index (κ1) is 16.6. The number of halogens is 1. The Morgan fingerprint density at radius 2 is 1.88 bits per heavy atom. The molecule has 0 aliphatic heterocycles. The number of hydrogen-bond acceptors (Lipinski definition) is 4. The lowest BCUT2D eigenvalue weighted by atomic mass is 9.71. The number of amides is 1. The number of nitrogens with zero attached hydrogens (tertiary/aromatic N) is 1. The zero-order valence-electron chi connectivity index (χ0n) is 13.2. The predicted molar refractivity (Wildman–Crippen MR) is 92.7 cm³/mol. The van der Waals surface area contributed by atoms with Crippen molar-refractivity contribution in [3.8, 4) is 0 Å².